The maximum absolute atomic E-state index is 14.9. The zero-order chi connectivity index (χ0) is 27.1. The topological polar surface area (TPSA) is 106 Å². The van der Waals surface area contributed by atoms with Crippen LogP contribution in [0.15, 0.2) is 36.0 Å². The van der Waals surface area contributed by atoms with Crippen LogP contribution in [0, 0.1) is 11.7 Å². The minimum Gasteiger partial charge on any atom is -0.297 e. The van der Waals surface area contributed by atoms with Gasteiger partial charge in [-0.1, -0.05) is 35.2 Å². The number of benzene rings is 1. The van der Waals surface area contributed by atoms with E-state index in [-0.39, 0.29) is 33.8 Å². The van der Waals surface area contributed by atoms with Crippen LogP contribution in [0.2, 0.25) is 0 Å². The molecule has 1 saturated carbocycles. The average molecular weight is 544 g/mol. The second-order valence-corrected chi connectivity index (χ2v) is 11.1. The van der Waals surface area contributed by atoms with Gasteiger partial charge in [0.05, 0.1) is 19.3 Å². The molecule has 1 aromatic heterocycles. The molecule has 1 amide bonds. The molecule has 1 aromatic carbocycles. The van der Waals surface area contributed by atoms with Crippen molar-refractivity contribution in [2.24, 2.45) is 5.92 Å². The van der Waals surface area contributed by atoms with Crippen molar-refractivity contribution in [2.45, 2.75) is 63.3 Å². The van der Waals surface area contributed by atoms with Crippen molar-refractivity contribution in [3.63, 3.8) is 0 Å². The maximum Gasteiger partial charge on any atom is 0.243 e. The van der Waals surface area contributed by atoms with E-state index >= 15 is 0 Å². The normalized spacial score (nSPS) is 19.9. The second-order valence-electron chi connectivity index (χ2n) is 9.77. The zero-order valence-electron chi connectivity index (χ0n) is 21.8. The van der Waals surface area contributed by atoms with Crippen molar-refractivity contribution >= 4 is 34.6 Å². The Morgan fingerprint density at radius 3 is 2.74 bits per heavy atom. The Balaban J connectivity index is 1.50. The van der Waals surface area contributed by atoms with Gasteiger partial charge in [-0.05, 0) is 49.8 Å². The van der Waals surface area contributed by atoms with Gasteiger partial charge in [-0.25, -0.2) is 9.87 Å². The largest absolute Gasteiger partial charge is 0.297 e. The van der Waals surface area contributed by atoms with Crippen molar-refractivity contribution < 1.29 is 23.6 Å². The molecule has 2 aromatic rings. The van der Waals surface area contributed by atoms with Crippen LogP contribution in [0.3, 0.4) is 0 Å². The molecule has 2 heterocycles. The monoisotopic (exact) mass is 543 g/mol. The summed E-state index contributed by atoms with van der Waals surface area (Å²) in [6.07, 6.45) is 7.93. The van der Waals surface area contributed by atoms with Gasteiger partial charge in [-0.3, -0.25) is 28.8 Å². The van der Waals surface area contributed by atoms with E-state index in [0.717, 1.165) is 24.8 Å². The predicted molar refractivity (Wildman–Crippen MR) is 142 cm³/mol. The molecule has 38 heavy (non-hydrogen) atoms. The number of Topliss-reactive ketones (excluding diaryl/α,β-unsaturated/α-hetero) is 1. The number of aryl methyl sites for hydroxylation is 1. The lowest BCUT2D eigenvalue weighted by atomic mass is 9.93. The molecule has 1 saturated heterocycles. The molecule has 9 nitrogen and oxygen atoms in total. The number of carbonyl (C=O) groups is 3. The first-order valence-corrected chi connectivity index (χ1v) is 13.9. The molecule has 2 atom stereocenters. The highest BCUT2D eigenvalue weighted by Crippen LogP contribution is 2.40. The summed E-state index contributed by atoms with van der Waals surface area (Å²) in [5.74, 6) is -0.491. The Labute approximate surface area is 226 Å². The number of hydrogen-bond acceptors (Lipinski definition) is 8. The molecule has 2 unspecified atom stereocenters. The molecule has 0 bridgehead atoms. The van der Waals surface area contributed by atoms with Crippen LogP contribution >= 0.6 is 11.8 Å². The number of piperidine rings is 1. The van der Waals surface area contributed by atoms with Crippen LogP contribution in [-0.2, 0) is 25.8 Å². The summed E-state index contributed by atoms with van der Waals surface area (Å²) in [5, 5.41) is 8.45. The van der Waals surface area contributed by atoms with Crippen molar-refractivity contribution in [3.05, 3.63) is 53.1 Å². The summed E-state index contributed by atoms with van der Waals surface area (Å²) < 4.78 is 16.6. The van der Waals surface area contributed by atoms with Gasteiger partial charge in [0.1, 0.15) is 11.5 Å². The number of nitrogens with one attached hydrogen (secondary N) is 1. The van der Waals surface area contributed by atoms with Gasteiger partial charge in [-0.2, -0.15) is 0 Å². The Hall–Kier alpha value is -2.89. The van der Waals surface area contributed by atoms with E-state index in [4.69, 9.17) is 0 Å². The Morgan fingerprint density at radius 2 is 2.03 bits per heavy atom. The van der Waals surface area contributed by atoms with Crippen LogP contribution in [0.25, 0.3) is 6.08 Å². The van der Waals surface area contributed by atoms with Crippen LogP contribution in [0.1, 0.15) is 62.7 Å². The maximum atomic E-state index is 14.9. The Morgan fingerprint density at radius 1 is 1.24 bits per heavy atom. The fourth-order valence-corrected chi connectivity index (χ4v) is 5.72. The molecule has 11 heteroatoms. The number of rotatable bonds is 12. The molecule has 2 fully saturated rings. The summed E-state index contributed by atoms with van der Waals surface area (Å²) in [4.78, 5) is 43.5. The number of amides is 1. The minimum absolute atomic E-state index is 0.0168. The summed E-state index contributed by atoms with van der Waals surface area (Å²) in [6, 6.07) is 5.85. The summed E-state index contributed by atoms with van der Waals surface area (Å²) in [5.41, 5.74) is 4.33. The van der Waals surface area contributed by atoms with Gasteiger partial charge < -0.3 is 0 Å². The fourth-order valence-electron chi connectivity index (χ4n) is 4.80. The first-order chi connectivity index (χ1) is 18.4. The third kappa shape index (κ3) is 7.58. The van der Waals surface area contributed by atoms with E-state index in [1.54, 1.807) is 29.8 Å². The highest BCUT2D eigenvalue weighted by atomic mass is 32.2. The Bertz CT molecular complexity index is 1180. The number of hydrogen-bond donors (Lipinski definition) is 1. The number of halogens is 1. The molecular formula is C27H34FN5O4S. The third-order valence-corrected chi connectivity index (χ3v) is 7.90. The first-order valence-electron chi connectivity index (χ1n) is 13.0. The SMILES string of the molecule is CONC(=O)CCCCn1cc(C=C2CN(C(C(=O)C3CC3)c3ccccc3F)CCC2SC(C)=O)nn1. The quantitative estimate of drug-likeness (QED) is 0.319. The lowest BCUT2D eigenvalue weighted by Crippen LogP contribution is -2.43. The summed E-state index contributed by atoms with van der Waals surface area (Å²) >= 11 is 1.28. The van der Waals surface area contributed by atoms with Crippen LogP contribution < -0.4 is 5.48 Å². The van der Waals surface area contributed by atoms with Gasteiger partial charge >= 0.3 is 0 Å². The lowest BCUT2D eigenvalue weighted by molar-refractivity contribution is -0.131. The van der Waals surface area contributed by atoms with E-state index < -0.39 is 6.04 Å². The lowest BCUT2D eigenvalue weighted by Gasteiger charge is -2.38. The predicted octanol–water partition coefficient (Wildman–Crippen LogP) is 3.72. The van der Waals surface area contributed by atoms with Gasteiger partial charge in [0.2, 0.25) is 5.91 Å². The van der Waals surface area contributed by atoms with Gasteiger partial charge in [0, 0.05) is 49.7 Å². The van der Waals surface area contributed by atoms with Gasteiger partial charge in [0.15, 0.2) is 10.9 Å². The van der Waals surface area contributed by atoms with Gasteiger partial charge in [0.25, 0.3) is 0 Å². The summed E-state index contributed by atoms with van der Waals surface area (Å²) in [7, 11) is 1.40. The number of unbranched alkanes of at least 4 members (excludes halogenated alkanes) is 1. The van der Waals surface area contributed by atoms with Crippen LogP contribution in [0.5, 0.6) is 0 Å². The summed E-state index contributed by atoms with van der Waals surface area (Å²) in [6.45, 7) is 3.18. The highest BCUT2D eigenvalue weighted by Gasteiger charge is 2.41. The molecule has 0 spiro atoms. The molecule has 4 rings (SSSR count). The molecule has 1 N–H and O–H groups in total. The third-order valence-electron chi connectivity index (χ3n) is 6.75. The van der Waals surface area contributed by atoms with Crippen molar-refractivity contribution in [1.29, 1.82) is 0 Å². The van der Waals surface area contributed by atoms with E-state index in [0.29, 0.717) is 50.2 Å². The fraction of sp³-hybridized carbons (Fsp3) is 0.519. The minimum atomic E-state index is -0.652. The number of hydroxylamine groups is 1. The van der Waals surface area contributed by atoms with Crippen molar-refractivity contribution in [2.75, 3.05) is 20.2 Å². The van der Waals surface area contributed by atoms with Gasteiger partial charge in [-0.15, -0.1) is 5.10 Å². The standard InChI is InChI=1S/C27H34FN5O4S/c1-18(34)38-24-12-14-32(26(27(36)19-10-11-19)22-7-3-4-8-23(22)28)16-20(24)15-21-17-33(31-29-21)13-6-5-9-25(35)30-37-2/h3-4,7-8,15,17,19,24,26H,5-6,9-14,16H2,1-2H3,(H,30,35). The highest BCUT2D eigenvalue weighted by molar-refractivity contribution is 8.14. The molecule has 0 radical (unpaired) electrons. The number of aromatic nitrogens is 3. The molecule has 1 aliphatic carbocycles. The van der Waals surface area contributed by atoms with Crippen LogP contribution in [0.4, 0.5) is 4.39 Å². The molecular weight excluding hydrogens is 509 g/mol. The first kappa shape index (κ1) is 28.1. The number of carbonyl (C=O) groups excluding carboxylic acids is 3. The van der Waals surface area contributed by atoms with Crippen molar-refractivity contribution in [3.8, 4) is 0 Å². The molecule has 2 aliphatic rings. The van der Waals surface area contributed by atoms with Crippen LogP contribution in [-0.4, -0.2) is 62.1 Å². The average Bonchev–Trinajstić information content (AvgIpc) is 3.64. The zero-order valence-corrected chi connectivity index (χ0v) is 22.6. The number of nitrogens with zero attached hydrogens (tertiary/aromatic N) is 4. The van der Waals surface area contributed by atoms with E-state index in [2.05, 4.69) is 20.6 Å². The van der Waals surface area contributed by atoms with Crippen molar-refractivity contribution in [1.82, 2.24) is 25.4 Å². The van der Waals surface area contributed by atoms with E-state index in [1.807, 2.05) is 17.2 Å². The number of ketones is 1. The molecule has 1 aliphatic heterocycles. The van der Waals surface area contributed by atoms with E-state index in [1.165, 1.54) is 24.9 Å². The number of likely N-dealkylation sites (tertiary alicyclic amines) is 1. The smallest absolute Gasteiger partial charge is 0.243 e. The molecule has 204 valence electrons. The number of thioether (sulfide) groups is 1. The second kappa shape index (κ2) is 13.3. The Kier molecular flexibility index (Phi) is 9.81. The van der Waals surface area contributed by atoms with E-state index in [9.17, 15) is 18.8 Å².